The molecular weight excluding hydrogens is 166 g/mol. The summed E-state index contributed by atoms with van der Waals surface area (Å²) in [4.78, 5) is 13.2. The number of primary amides is 1. The van der Waals surface area contributed by atoms with Crippen LogP contribution >= 0.6 is 0 Å². The SMILES string of the molecule is C=C/C=N\C(=C/C)NC.CC(N)=O. The van der Waals surface area contributed by atoms with Crippen LogP contribution in [0, 0.1) is 0 Å². The van der Waals surface area contributed by atoms with Crippen molar-refractivity contribution in [3.63, 3.8) is 0 Å². The molecule has 3 N–H and O–H groups in total. The highest BCUT2D eigenvalue weighted by Gasteiger charge is 1.78. The van der Waals surface area contributed by atoms with Crippen molar-refractivity contribution in [1.29, 1.82) is 0 Å². The second-order valence-corrected chi connectivity index (χ2v) is 2.05. The summed E-state index contributed by atoms with van der Waals surface area (Å²) in [7, 11) is 1.83. The molecule has 74 valence electrons. The first kappa shape index (κ1) is 14.0. The zero-order valence-electron chi connectivity index (χ0n) is 8.37. The van der Waals surface area contributed by atoms with E-state index in [4.69, 9.17) is 0 Å². The molecule has 13 heavy (non-hydrogen) atoms. The van der Waals surface area contributed by atoms with Gasteiger partial charge in [-0.25, -0.2) is 4.99 Å². The van der Waals surface area contributed by atoms with Crippen LogP contribution in [0.15, 0.2) is 29.5 Å². The van der Waals surface area contributed by atoms with Crippen LogP contribution in [0.1, 0.15) is 13.8 Å². The molecule has 0 radical (unpaired) electrons. The summed E-state index contributed by atoms with van der Waals surface area (Å²) in [5.74, 6) is 0.523. The number of aliphatic imine (C=N–C) groups is 1. The van der Waals surface area contributed by atoms with Crippen LogP contribution in [-0.2, 0) is 4.79 Å². The molecular formula is C9H17N3O. The van der Waals surface area contributed by atoms with E-state index >= 15 is 0 Å². The molecule has 0 aromatic rings. The molecule has 0 spiro atoms. The minimum atomic E-state index is -0.333. The lowest BCUT2D eigenvalue weighted by Gasteiger charge is -1.94. The van der Waals surface area contributed by atoms with E-state index < -0.39 is 0 Å². The van der Waals surface area contributed by atoms with Crippen molar-refractivity contribution in [2.75, 3.05) is 7.05 Å². The number of nitrogens with two attached hydrogens (primary N) is 1. The van der Waals surface area contributed by atoms with Crippen molar-refractivity contribution in [2.45, 2.75) is 13.8 Å². The summed E-state index contributed by atoms with van der Waals surface area (Å²) < 4.78 is 0. The first-order chi connectivity index (χ1) is 6.08. The highest BCUT2D eigenvalue weighted by Crippen LogP contribution is 1.85. The maximum atomic E-state index is 9.22. The number of nitrogens with zero attached hydrogens (tertiary/aromatic N) is 1. The largest absolute Gasteiger partial charge is 0.373 e. The third-order valence-corrected chi connectivity index (χ3v) is 0.849. The smallest absolute Gasteiger partial charge is 0.214 e. The van der Waals surface area contributed by atoms with Gasteiger partial charge in [-0.05, 0) is 13.0 Å². The fourth-order valence-electron chi connectivity index (χ4n) is 0.416. The average molecular weight is 183 g/mol. The molecule has 0 heterocycles. The van der Waals surface area contributed by atoms with Gasteiger partial charge < -0.3 is 11.1 Å². The Bertz CT molecular complexity index is 203. The molecule has 0 aliphatic heterocycles. The molecule has 0 aromatic carbocycles. The van der Waals surface area contributed by atoms with Gasteiger partial charge in [0.1, 0.15) is 5.82 Å². The number of carbonyl (C=O) groups is 1. The third-order valence-electron chi connectivity index (χ3n) is 0.849. The Hall–Kier alpha value is -1.58. The van der Waals surface area contributed by atoms with Gasteiger partial charge in [-0.1, -0.05) is 12.7 Å². The predicted octanol–water partition coefficient (Wildman–Crippen LogP) is 0.815. The maximum Gasteiger partial charge on any atom is 0.214 e. The first-order valence-corrected chi connectivity index (χ1v) is 3.83. The van der Waals surface area contributed by atoms with E-state index in [1.165, 1.54) is 6.92 Å². The number of nitrogens with one attached hydrogen (secondary N) is 1. The highest BCUT2D eigenvalue weighted by molar-refractivity contribution is 5.71. The van der Waals surface area contributed by atoms with Crippen LogP contribution in [0.5, 0.6) is 0 Å². The summed E-state index contributed by atoms with van der Waals surface area (Å²) in [6.45, 7) is 6.73. The highest BCUT2D eigenvalue weighted by atomic mass is 16.1. The summed E-state index contributed by atoms with van der Waals surface area (Å²) in [6.07, 6.45) is 5.17. The minimum Gasteiger partial charge on any atom is -0.373 e. The average Bonchev–Trinajstić information content (AvgIpc) is 2.06. The zero-order valence-corrected chi connectivity index (χ0v) is 8.37. The fourth-order valence-corrected chi connectivity index (χ4v) is 0.416. The Labute approximate surface area is 79.2 Å². The van der Waals surface area contributed by atoms with E-state index in [1.54, 1.807) is 12.3 Å². The van der Waals surface area contributed by atoms with E-state index in [-0.39, 0.29) is 5.91 Å². The van der Waals surface area contributed by atoms with E-state index in [0.717, 1.165) is 5.82 Å². The van der Waals surface area contributed by atoms with Crippen LogP contribution in [0.3, 0.4) is 0 Å². The van der Waals surface area contributed by atoms with Crippen molar-refractivity contribution >= 4 is 12.1 Å². The second kappa shape index (κ2) is 10.4. The summed E-state index contributed by atoms with van der Waals surface area (Å²) in [5, 5.41) is 2.90. The predicted molar refractivity (Wildman–Crippen MR) is 56.4 cm³/mol. The molecule has 0 unspecified atom stereocenters. The van der Waals surface area contributed by atoms with Gasteiger partial charge in [0.2, 0.25) is 5.91 Å². The summed E-state index contributed by atoms with van der Waals surface area (Å²) in [6, 6.07) is 0. The van der Waals surface area contributed by atoms with Crippen molar-refractivity contribution in [2.24, 2.45) is 10.7 Å². The van der Waals surface area contributed by atoms with E-state index in [9.17, 15) is 4.79 Å². The lowest BCUT2D eigenvalue weighted by Crippen LogP contribution is -2.02. The molecule has 4 heteroatoms. The van der Waals surface area contributed by atoms with Crippen molar-refractivity contribution < 1.29 is 4.79 Å². The number of amides is 1. The van der Waals surface area contributed by atoms with Gasteiger partial charge in [0.05, 0.1) is 0 Å². The number of hydrogen-bond donors (Lipinski definition) is 2. The van der Waals surface area contributed by atoms with Gasteiger partial charge in [-0.15, -0.1) is 0 Å². The Morgan fingerprint density at radius 1 is 1.62 bits per heavy atom. The molecule has 0 fully saturated rings. The normalized spacial score (nSPS) is 10.2. The van der Waals surface area contributed by atoms with E-state index in [2.05, 4.69) is 22.6 Å². The van der Waals surface area contributed by atoms with Crippen LogP contribution < -0.4 is 11.1 Å². The molecule has 0 aliphatic carbocycles. The molecule has 4 nitrogen and oxygen atoms in total. The molecule has 0 aromatic heterocycles. The van der Waals surface area contributed by atoms with Gasteiger partial charge in [0.15, 0.2) is 0 Å². The van der Waals surface area contributed by atoms with E-state index in [1.807, 2.05) is 20.0 Å². The Balaban J connectivity index is 0. The molecule has 0 bridgehead atoms. The molecule has 0 aliphatic rings. The third kappa shape index (κ3) is 17.9. The molecule has 1 amide bonds. The molecule has 0 saturated heterocycles. The Morgan fingerprint density at radius 2 is 2.08 bits per heavy atom. The monoisotopic (exact) mass is 183 g/mol. The van der Waals surface area contributed by atoms with Crippen molar-refractivity contribution in [3.8, 4) is 0 Å². The lowest BCUT2D eigenvalue weighted by atomic mass is 10.6. The van der Waals surface area contributed by atoms with Crippen molar-refractivity contribution in [1.82, 2.24) is 5.32 Å². The van der Waals surface area contributed by atoms with Crippen LogP contribution in [0.25, 0.3) is 0 Å². The molecule has 0 atom stereocenters. The first-order valence-electron chi connectivity index (χ1n) is 3.83. The topological polar surface area (TPSA) is 67.5 Å². The van der Waals surface area contributed by atoms with Gasteiger partial charge >= 0.3 is 0 Å². The molecule has 0 rings (SSSR count). The minimum absolute atomic E-state index is 0.333. The van der Waals surface area contributed by atoms with E-state index in [0.29, 0.717) is 0 Å². The summed E-state index contributed by atoms with van der Waals surface area (Å²) in [5.41, 5.74) is 4.47. The number of allylic oxidation sites excluding steroid dienone is 2. The van der Waals surface area contributed by atoms with Crippen LogP contribution in [0.2, 0.25) is 0 Å². The second-order valence-electron chi connectivity index (χ2n) is 2.05. The van der Waals surface area contributed by atoms with Gasteiger partial charge in [0, 0.05) is 20.2 Å². The number of carbonyl (C=O) groups excluding carboxylic acids is 1. The fraction of sp³-hybridized carbons (Fsp3) is 0.333. The number of hydrogen-bond acceptors (Lipinski definition) is 3. The van der Waals surface area contributed by atoms with Crippen molar-refractivity contribution in [3.05, 3.63) is 24.6 Å². The Kier molecular flexibility index (Phi) is 11.2. The van der Waals surface area contributed by atoms with Gasteiger partial charge in [0.25, 0.3) is 0 Å². The van der Waals surface area contributed by atoms with Crippen LogP contribution in [0.4, 0.5) is 0 Å². The maximum absolute atomic E-state index is 9.22. The summed E-state index contributed by atoms with van der Waals surface area (Å²) >= 11 is 0. The standard InChI is InChI=1S/C7H12N2.C2H5NO/c1-4-6-9-7(5-2)8-3;1-2(3)4/h4-6,8H,1H2,2-3H3;1H3,(H2,3,4)/b7-5-,9-6-;. The molecule has 0 saturated carbocycles. The quantitative estimate of drug-likeness (QED) is 0.636. The lowest BCUT2D eigenvalue weighted by molar-refractivity contribution is -0.115. The van der Waals surface area contributed by atoms with Crippen LogP contribution in [-0.4, -0.2) is 19.2 Å². The zero-order chi connectivity index (χ0) is 10.7. The van der Waals surface area contributed by atoms with Gasteiger partial charge in [-0.2, -0.15) is 0 Å². The Morgan fingerprint density at radius 3 is 2.31 bits per heavy atom. The van der Waals surface area contributed by atoms with Gasteiger partial charge in [-0.3, -0.25) is 4.79 Å². The number of rotatable bonds is 3.